The summed E-state index contributed by atoms with van der Waals surface area (Å²) in [6, 6.07) is 2.78. The van der Waals surface area contributed by atoms with Crippen molar-refractivity contribution in [1.29, 1.82) is 0 Å². The fraction of sp³-hybridized carbons (Fsp3) is 1.00. The fourth-order valence-electron chi connectivity index (χ4n) is 0.823. The standard InChI is InChI=1S/C6H15ClSi/c1-3-5-8(2)6-4-7/h8H,3-6H2,1-2H3. The normalized spacial score (nSPS) is 13.9. The second kappa shape index (κ2) is 5.64. The lowest BCUT2D eigenvalue weighted by Crippen LogP contribution is -2.05. The van der Waals surface area contributed by atoms with Gasteiger partial charge >= 0.3 is 0 Å². The second-order valence-electron chi connectivity index (χ2n) is 2.37. The van der Waals surface area contributed by atoms with Crippen LogP contribution in [0.3, 0.4) is 0 Å². The van der Waals surface area contributed by atoms with Crippen molar-refractivity contribution in [2.75, 3.05) is 5.88 Å². The summed E-state index contributed by atoms with van der Waals surface area (Å²) in [6.07, 6.45) is 1.35. The summed E-state index contributed by atoms with van der Waals surface area (Å²) < 4.78 is 0. The van der Waals surface area contributed by atoms with Gasteiger partial charge in [0.2, 0.25) is 0 Å². The predicted octanol–water partition coefficient (Wildman–Crippen LogP) is 2.49. The highest BCUT2D eigenvalue weighted by Crippen LogP contribution is 2.02. The van der Waals surface area contributed by atoms with Crippen LogP contribution in [0.5, 0.6) is 0 Å². The summed E-state index contributed by atoms with van der Waals surface area (Å²) in [5.41, 5.74) is 0. The van der Waals surface area contributed by atoms with E-state index in [0.29, 0.717) is 0 Å². The lowest BCUT2D eigenvalue weighted by atomic mass is 10.6. The maximum Gasteiger partial charge on any atom is 0.0348 e. The van der Waals surface area contributed by atoms with Crippen molar-refractivity contribution in [2.45, 2.75) is 32.0 Å². The van der Waals surface area contributed by atoms with Crippen LogP contribution in [0, 0.1) is 0 Å². The van der Waals surface area contributed by atoms with Gasteiger partial charge in [-0.3, -0.25) is 0 Å². The molecule has 50 valence electrons. The zero-order valence-electron chi connectivity index (χ0n) is 5.78. The molecule has 0 saturated heterocycles. The molecule has 0 amide bonds. The van der Waals surface area contributed by atoms with Gasteiger partial charge in [0.05, 0.1) is 0 Å². The highest BCUT2D eigenvalue weighted by atomic mass is 35.5. The van der Waals surface area contributed by atoms with Crippen LogP contribution in [0.4, 0.5) is 0 Å². The van der Waals surface area contributed by atoms with Gasteiger partial charge in [0, 0.05) is 14.7 Å². The molecule has 2 heteroatoms. The summed E-state index contributed by atoms with van der Waals surface area (Å²) in [5.74, 6) is 0.882. The molecule has 0 aromatic carbocycles. The molecule has 0 rings (SSSR count). The molecule has 0 heterocycles. The Kier molecular flexibility index (Phi) is 6.00. The number of halogens is 1. The minimum Gasteiger partial charge on any atom is -0.127 e. The van der Waals surface area contributed by atoms with Crippen molar-refractivity contribution in [3.63, 3.8) is 0 Å². The Morgan fingerprint density at radius 2 is 2.00 bits per heavy atom. The van der Waals surface area contributed by atoms with E-state index in [0.717, 1.165) is 5.88 Å². The molecule has 0 spiro atoms. The van der Waals surface area contributed by atoms with Crippen molar-refractivity contribution >= 4 is 20.4 Å². The zero-order chi connectivity index (χ0) is 6.41. The van der Waals surface area contributed by atoms with Gasteiger partial charge in [-0.2, -0.15) is 0 Å². The van der Waals surface area contributed by atoms with Crippen LogP contribution < -0.4 is 0 Å². The maximum absolute atomic E-state index is 5.57. The average molecular weight is 151 g/mol. The smallest absolute Gasteiger partial charge is 0.0348 e. The summed E-state index contributed by atoms with van der Waals surface area (Å²) in [6.45, 7) is 4.64. The lowest BCUT2D eigenvalue weighted by Gasteiger charge is -2.02. The monoisotopic (exact) mass is 150 g/mol. The summed E-state index contributed by atoms with van der Waals surface area (Å²) in [7, 11) is -0.334. The molecule has 8 heavy (non-hydrogen) atoms. The molecule has 0 bridgehead atoms. The highest BCUT2D eigenvalue weighted by Gasteiger charge is 1.98. The largest absolute Gasteiger partial charge is 0.127 e. The third-order valence-corrected chi connectivity index (χ3v) is 4.80. The molecule has 0 N–H and O–H groups in total. The van der Waals surface area contributed by atoms with Gasteiger partial charge < -0.3 is 0 Å². The van der Waals surface area contributed by atoms with E-state index >= 15 is 0 Å². The van der Waals surface area contributed by atoms with E-state index in [1.807, 2.05) is 0 Å². The Morgan fingerprint density at radius 1 is 1.38 bits per heavy atom. The molecule has 0 nitrogen and oxygen atoms in total. The van der Waals surface area contributed by atoms with Crippen molar-refractivity contribution in [1.82, 2.24) is 0 Å². The Labute approximate surface area is 58.8 Å². The minimum atomic E-state index is -0.334. The molecular weight excluding hydrogens is 136 g/mol. The van der Waals surface area contributed by atoms with E-state index in [9.17, 15) is 0 Å². The Hall–Kier alpha value is 0.507. The van der Waals surface area contributed by atoms with Gasteiger partial charge in [0.1, 0.15) is 0 Å². The van der Waals surface area contributed by atoms with Crippen molar-refractivity contribution < 1.29 is 0 Å². The van der Waals surface area contributed by atoms with E-state index in [1.165, 1.54) is 18.5 Å². The molecule has 0 fully saturated rings. The molecule has 0 aliphatic carbocycles. The van der Waals surface area contributed by atoms with Crippen LogP contribution in [-0.4, -0.2) is 14.7 Å². The van der Waals surface area contributed by atoms with Crippen molar-refractivity contribution in [2.24, 2.45) is 0 Å². The SMILES string of the molecule is CCC[SiH](C)CCCl. The Balaban J connectivity index is 2.92. The van der Waals surface area contributed by atoms with E-state index in [2.05, 4.69) is 13.5 Å². The maximum atomic E-state index is 5.57. The topological polar surface area (TPSA) is 0 Å². The molecule has 0 aromatic rings. The molecule has 1 unspecified atom stereocenters. The van der Waals surface area contributed by atoms with Crippen LogP contribution in [0.15, 0.2) is 0 Å². The highest BCUT2D eigenvalue weighted by molar-refractivity contribution is 6.58. The van der Waals surface area contributed by atoms with Gasteiger partial charge in [-0.1, -0.05) is 25.9 Å². The first-order valence-electron chi connectivity index (χ1n) is 3.37. The van der Waals surface area contributed by atoms with Gasteiger partial charge in [-0.05, 0) is 6.04 Å². The Morgan fingerprint density at radius 3 is 2.38 bits per heavy atom. The molecule has 0 aliphatic rings. The first-order valence-corrected chi connectivity index (χ1v) is 6.69. The van der Waals surface area contributed by atoms with Crippen molar-refractivity contribution in [3.05, 3.63) is 0 Å². The minimum absolute atomic E-state index is 0.334. The molecule has 0 aromatic heterocycles. The van der Waals surface area contributed by atoms with Gasteiger partial charge in [0.15, 0.2) is 0 Å². The summed E-state index contributed by atoms with van der Waals surface area (Å²) in [5, 5.41) is 0. The van der Waals surface area contributed by atoms with Crippen LogP contribution >= 0.6 is 11.6 Å². The van der Waals surface area contributed by atoms with Gasteiger partial charge in [0.25, 0.3) is 0 Å². The van der Waals surface area contributed by atoms with Crippen LogP contribution in [0.1, 0.15) is 13.3 Å². The molecule has 0 aliphatic heterocycles. The molecule has 0 radical (unpaired) electrons. The van der Waals surface area contributed by atoms with Crippen LogP contribution in [0.2, 0.25) is 18.6 Å². The first-order chi connectivity index (χ1) is 3.81. The molecular formula is C6H15ClSi. The van der Waals surface area contributed by atoms with Crippen LogP contribution in [-0.2, 0) is 0 Å². The first kappa shape index (κ1) is 8.51. The predicted molar refractivity (Wildman–Crippen MR) is 43.6 cm³/mol. The second-order valence-corrected chi connectivity index (χ2v) is 6.11. The Bertz CT molecular complexity index is 41.8. The van der Waals surface area contributed by atoms with Crippen molar-refractivity contribution in [3.8, 4) is 0 Å². The number of hydrogen-bond donors (Lipinski definition) is 0. The molecule has 0 saturated carbocycles. The third kappa shape index (κ3) is 4.66. The van der Waals surface area contributed by atoms with Crippen LogP contribution in [0.25, 0.3) is 0 Å². The lowest BCUT2D eigenvalue weighted by molar-refractivity contribution is 1.05. The van der Waals surface area contributed by atoms with E-state index < -0.39 is 0 Å². The number of hydrogen-bond acceptors (Lipinski definition) is 0. The third-order valence-electron chi connectivity index (χ3n) is 1.38. The quantitative estimate of drug-likeness (QED) is 0.427. The van der Waals surface area contributed by atoms with Gasteiger partial charge in [-0.15, -0.1) is 11.6 Å². The number of rotatable bonds is 4. The fourth-order valence-corrected chi connectivity index (χ4v) is 3.59. The molecule has 1 atom stereocenters. The number of alkyl halides is 1. The summed E-state index contributed by atoms with van der Waals surface area (Å²) >= 11 is 5.57. The zero-order valence-corrected chi connectivity index (χ0v) is 7.69. The summed E-state index contributed by atoms with van der Waals surface area (Å²) in [4.78, 5) is 0. The van der Waals surface area contributed by atoms with E-state index in [-0.39, 0.29) is 8.80 Å². The van der Waals surface area contributed by atoms with E-state index in [1.54, 1.807) is 0 Å². The van der Waals surface area contributed by atoms with Gasteiger partial charge in [-0.25, -0.2) is 0 Å². The average Bonchev–Trinajstić information content (AvgIpc) is 1.68. The van der Waals surface area contributed by atoms with E-state index in [4.69, 9.17) is 11.6 Å².